The lowest BCUT2D eigenvalue weighted by Gasteiger charge is -2.42. The molecule has 1 fully saturated rings. The molecule has 1 aromatic rings. The average Bonchev–Trinajstić information content (AvgIpc) is 2.36. The topological polar surface area (TPSA) is 43.8 Å². The van der Waals surface area contributed by atoms with Gasteiger partial charge in [0, 0.05) is 18.0 Å². The van der Waals surface area contributed by atoms with E-state index >= 15 is 0 Å². The third-order valence-electron chi connectivity index (χ3n) is 3.62. The van der Waals surface area contributed by atoms with Crippen LogP contribution >= 0.6 is 11.6 Å². The van der Waals surface area contributed by atoms with Gasteiger partial charge in [-0.25, -0.2) is 0 Å². The maximum Gasteiger partial charge on any atom is 0.130 e. The summed E-state index contributed by atoms with van der Waals surface area (Å²) in [6, 6.07) is 0. The van der Waals surface area contributed by atoms with E-state index in [0.29, 0.717) is 0 Å². The molecule has 0 unspecified atom stereocenters. The van der Waals surface area contributed by atoms with Crippen molar-refractivity contribution in [3.63, 3.8) is 0 Å². The van der Waals surface area contributed by atoms with Gasteiger partial charge in [-0.15, -0.1) is 0 Å². The Bertz CT molecular complexity index is 366. The van der Waals surface area contributed by atoms with Crippen molar-refractivity contribution in [1.82, 2.24) is 9.78 Å². The minimum Gasteiger partial charge on any atom is -0.330 e. The quantitative estimate of drug-likeness (QED) is 0.860. The third kappa shape index (κ3) is 1.58. The van der Waals surface area contributed by atoms with Gasteiger partial charge < -0.3 is 5.73 Å². The second kappa shape index (κ2) is 3.80. The molecule has 15 heavy (non-hydrogen) atoms. The van der Waals surface area contributed by atoms with Crippen molar-refractivity contribution in [3.8, 4) is 0 Å². The molecule has 1 aliphatic rings. The molecule has 4 heteroatoms. The van der Waals surface area contributed by atoms with Crippen LogP contribution in [0.3, 0.4) is 0 Å². The Morgan fingerprint density at radius 3 is 2.53 bits per heavy atom. The molecule has 3 nitrogen and oxygen atoms in total. The van der Waals surface area contributed by atoms with Crippen LogP contribution < -0.4 is 5.73 Å². The molecule has 0 amide bonds. The lowest BCUT2D eigenvalue weighted by molar-refractivity contribution is 0.228. The molecule has 1 saturated carbocycles. The van der Waals surface area contributed by atoms with Gasteiger partial charge in [-0.3, -0.25) is 4.68 Å². The van der Waals surface area contributed by atoms with Crippen molar-refractivity contribution in [2.24, 2.45) is 12.8 Å². The molecule has 0 saturated heterocycles. The van der Waals surface area contributed by atoms with E-state index in [-0.39, 0.29) is 5.41 Å². The molecule has 0 atom stereocenters. The first-order chi connectivity index (χ1) is 7.10. The Hall–Kier alpha value is -0.540. The highest BCUT2D eigenvalue weighted by molar-refractivity contribution is 6.30. The summed E-state index contributed by atoms with van der Waals surface area (Å²) in [4.78, 5) is 0. The summed E-state index contributed by atoms with van der Waals surface area (Å²) in [6.07, 6.45) is 4.72. The number of nitrogens with two attached hydrogens (primary N) is 1. The molecule has 0 spiro atoms. The predicted octanol–water partition coefficient (Wildman–Crippen LogP) is 2.15. The van der Waals surface area contributed by atoms with E-state index in [1.54, 1.807) is 4.68 Å². The van der Waals surface area contributed by atoms with Gasteiger partial charge in [-0.05, 0) is 32.7 Å². The van der Waals surface area contributed by atoms with Crippen LogP contribution in [0.4, 0.5) is 0 Å². The number of rotatable bonds is 3. The van der Waals surface area contributed by atoms with E-state index < -0.39 is 0 Å². The molecule has 1 heterocycles. The molecule has 0 bridgehead atoms. The first-order valence-electron chi connectivity index (χ1n) is 5.50. The van der Waals surface area contributed by atoms with E-state index in [4.69, 9.17) is 17.3 Å². The van der Waals surface area contributed by atoms with Crippen molar-refractivity contribution < 1.29 is 0 Å². The van der Waals surface area contributed by atoms with Crippen molar-refractivity contribution in [2.45, 2.75) is 38.0 Å². The highest BCUT2D eigenvalue weighted by atomic mass is 35.5. The first-order valence-corrected chi connectivity index (χ1v) is 5.88. The molecule has 0 aliphatic heterocycles. The van der Waals surface area contributed by atoms with Crippen LogP contribution in [-0.2, 0) is 12.5 Å². The lowest BCUT2D eigenvalue weighted by Crippen LogP contribution is -2.37. The Balaban J connectivity index is 2.42. The molecule has 2 N–H and O–H groups in total. The predicted molar refractivity (Wildman–Crippen MR) is 62.2 cm³/mol. The number of aromatic nitrogens is 2. The fraction of sp³-hybridized carbons (Fsp3) is 0.727. The van der Waals surface area contributed by atoms with E-state index in [9.17, 15) is 0 Å². The fourth-order valence-corrected chi connectivity index (χ4v) is 3.11. The van der Waals surface area contributed by atoms with Gasteiger partial charge in [0.15, 0.2) is 0 Å². The SMILES string of the molecule is Cc1nn(C)c(Cl)c1C1(CCN)CCC1. The molecular weight excluding hydrogens is 210 g/mol. The van der Waals surface area contributed by atoms with Crippen LogP contribution in [-0.4, -0.2) is 16.3 Å². The van der Waals surface area contributed by atoms with Crippen molar-refractivity contribution in [2.75, 3.05) is 6.54 Å². The summed E-state index contributed by atoms with van der Waals surface area (Å²) in [5.41, 5.74) is 8.23. The Labute approximate surface area is 95.6 Å². The number of aryl methyl sites for hydroxylation is 2. The van der Waals surface area contributed by atoms with Gasteiger partial charge in [-0.1, -0.05) is 18.0 Å². The lowest BCUT2D eigenvalue weighted by atomic mass is 9.62. The zero-order valence-electron chi connectivity index (χ0n) is 9.39. The molecule has 1 aromatic heterocycles. The van der Waals surface area contributed by atoms with Gasteiger partial charge >= 0.3 is 0 Å². The summed E-state index contributed by atoms with van der Waals surface area (Å²) in [5, 5.41) is 5.18. The molecule has 84 valence electrons. The Morgan fingerprint density at radius 2 is 2.20 bits per heavy atom. The smallest absolute Gasteiger partial charge is 0.130 e. The highest BCUT2D eigenvalue weighted by Gasteiger charge is 2.41. The maximum atomic E-state index is 6.31. The first kappa shape index (κ1) is 11.0. The van der Waals surface area contributed by atoms with E-state index in [1.807, 2.05) is 14.0 Å². The average molecular weight is 228 g/mol. The summed E-state index contributed by atoms with van der Waals surface area (Å²) in [5.74, 6) is 0. The van der Waals surface area contributed by atoms with Crippen LogP contribution in [0.5, 0.6) is 0 Å². The monoisotopic (exact) mass is 227 g/mol. The largest absolute Gasteiger partial charge is 0.330 e. The van der Waals surface area contributed by atoms with Gasteiger partial charge in [0.25, 0.3) is 0 Å². The second-order valence-electron chi connectivity index (χ2n) is 4.55. The van der Waals surface area contributed by atoms with Gasteiger partial charge in [-0.2, -0.15) is 5.10 Å². The van der Waals surface area contributed by atoms with E-state index in [0.717, 1.165) is 23.8 Å². The summed E-state index contributed by atoms with van der Waals surface area (Å²) in [6.45, 7) is 2.77. The van der Waals surface area contributed by atoms with Crippen LogP contribution in [0.15, 0.2) is 0 Å². The normalized spacial score (nSPS) is 18.9. The minimum absolute atomic E-state index is 0.226. The number of hydrogen-bond donors (Lipinski definition) is 1. The van der Waals surface area contributed by atoms with Crippen molar-refractivity contribution >= 4 is 11.6 Å². The molecular formula is C11H18ClN3. The minimum atomic E-state index is 0.226. The highest BCUT2D eigenvalue weighted by Crippen LogP contribution is 2.49. The van der Waals surface area contributed by atoms with Gasteiger partial charge in [0.1, 0.15) is 5.15 Å². The van der Waals surface area contributed by atoms with Gasteiger partial charge in [0.2, 0.25) is 0 Å². The van der Waals surface area contributed by atoms with Crippen LogP contribution in [0.2, 0.25) is 5.15 Å². The van der Waals surface area contributed by atoms with Gasteiger partial charge in [0.05, 0.1) is 5.69 Å². The fourth-order valence-electron chi connectivity index (χ4n) is 2.74. The Morgan fingerprint density at radius 1 is 1.53 bits per heavy atom. The zero-order chi connectivity index (χ0) is 11.1. The van der Waals surface area contributed by atoms with E-state index in [2.05, 4.69) is 5.10 Å². The van der Waals surface area contributed by atoms with Crippen LogP contribution in [0.25, 0.3) is 0 Å². The summed E-state index contributed by atoms with van der Waals surface area (Å²) < 4.78 is 1.77. The third-order valence-corrected chi connectivity index (χ3v) is 4.05. The summed E-state index contributed by atoms with van der Waals surface area (Å²) >= 11 is 6.31. The van der Waals surface area contributed by atoms with E-state index in [1.165, 1.54) is 24.8 Å². The number of halogens is 1. The van der Waals surface area contributed by atoms with Crippen molar-refractivity contribution in [3.05, 3.63) is 16.4 Å². The molecule has 0 radical (unpaired) electrons. The Kier molecular flexibility index (Phi) is 2.77. The number of nitrogens with zero attached hydrogens (tertiary/aromatic N) is 2. The standard InChI is InChI=1S/C11H18ClN3/c1-8-9(10(12)15(2)14-8)11(6-7-13)4-3-5-11/h3-7,13H2,1-2H3. The maximum absolute atomic E-state index is 6.31. The molecule has 0 aromatic carbocycles. The second-order valence-corrected chi connectivity index (χ2v) is 4.91. The molecule has 2 rings (SSSR count). The molecule has 1 aliphatic carbocycles. The van der Waals surface area contributed by atoms with Crippen molar-refractivity contribution in [1.29, 1.82) is 0 Å². The van der Waals surface area contributed by atoms with Crippen LogP contribution in [0, 0.1) is 6.92 Å². The van der Waals surface area contributed by atoms with Crippen LogP contribution in [0.1, 0.15) is 36.9 Å². The number of hydrogen-bond acceptors (Lipinski definition) is 2. The summed E-state index contributed by atoms with van der Waals surface area (Å²) in [7, 11) is 1.90. The zero-order valence-corrected chi connectivity index (χ0v) is 10.1.